The summed E-state index contributed by atoms with van der Waals surface area (Å²) in [6, 6.07) is 0. The van der Waals surface area contributed by atoms with Gasteiger partial charge in [0.05, 0.1) is 12.8 Å². The molecule has 2 unspecified atom stereocenters. The van der Waals surface area contributed by atoms with Gasteiger partial charge in [0.2, 0.25) is 0 Å². The smallest absolute Gasteiger partial charge is 0.306 e. The van der Waals surface area contributed by atoms with Crippen molar-refractivity contribution < 1.29 is 29.0 Å². The van der Waals surface area contributed by atoms with Crippen molar-refractivity contribution in [2.45, 2.75) is 66.2 Å². The molecule has 6 heteroatoms. The maximum atomic E-state index is 13.5. The van der Waals surface area contributed by atoms with Gasteiger partial charge in [-0.05, 0) is 67.9 Å². The molecule has 4 aliphatic carbocycles. The number of esters is 1. The van der Waals surface area contributed by atoms with Gasteiger partial charge in [-0.1, -0.05) is 44.1 Å². The number of carboxylic acids is 1. The molecule has 0 aromatic carbocycles. The van der Waals surface area contributed by atoms with Crippen molar-refractivity contribution in [2.24, 2.45) is 34.0 Å². The van der Waals surface area contributed by atoms with Crippen molar-refractivity contribution in [1.29, 1.82) is 0 Å². The zero-order valence-corrected chi connectivity index (χ0v) is 20.0. The Morgan fingerprint density at radius 3 is 2.61 bits per heavy atom. The van der Waals surface area contributed by atoms with Crippen molar-refractivity contribution in [3.63, 3.8) is 0 Å². The van der Waals surface area contributed by atoms with E-state index in [1.54, 1.807) is 12.2 Å². The predicted octanol–water partition coefficient (Wildman–Crippen LogP) is 4.44. The summed E-state index contributed by atoms with van der Waals surface area (Å²) in [4.78, 5) is 48.0. The van der Waals surface area contributed by atoms with Crippen LogP contribution in [0.1, 0.15) is 66.2 Å². The Morgan fingerprint density at radius 2 is 1.91 bits per heavy atom. The van der Waals surface area contributed by atoms with E-state index in [1.165, 1.54) is 11.1 Å². The van der Waals surface area contributed by atoms with E-state index in [-0.39, 0.29) is 47.8 Å². The quantitative estimate of drug-likeness (QED) is 0.471. The molecule has 0 spiro atoms. The molecule has 178 valence electrons. The van der Waals surface area contributed by atoms with E-state index in [9.17, 15) is 19.2 Å². The van der Waals surface area contributed by atoms with E-state index in [1.807, 2.05) is 6.92 Å². The lowest BCUT2D eigenvalue weighted by atomic mass is 9.49. The third-order valence-electron chi connectivity index (χ3n) is 9.60. The van der Waals surface area contributed by atoms with E-state index in [2.05, 4.69) is 32.9 Å². The minimum absolute atomic E-state index is 0.0627. The molecule has 0 bridgehead atoms. The molecule has 0 aliphatic heterocycles. The van der Waals surface area contributed by atoms with Gasteiger partial charge >= 0.3 is 11.9 Å². The molecule has 4 aliphatic rings. The maximum absolute atomic E-state index is 13.5. The summed E-state index contributed by atoms with van der Waals surface area (Å²) in [6.45, 7) is 8.27. The highest BCUT2D eigenvalue weighted by molar-refractivity contribution is 6.01. The average Bonchev–Trinajstić information content (AvgIpc) is 2.98. The summed E-state index contributed by atoms with van der Waals surface area (Å²) >= 11 is 0. The first-order chi connectivity index (χ1) is 15.4. The second-order valence-corrected chi connectivity index (χ2v) is 11.0. The Kier molecular flexibility index (Phi) is 5.78. The minimum Gasteiger partial charge on any atom is -0.481 e. The number of fused-ring (bicyclic) bond motifs is 5. The van der Waals surface area contributed by atoms with Crippen LogP contribution in [0.3, 0.4) is 0 Å². The van der Waals surface area contributed by atoms with Gasteiger partial charge in [-0.2, -0.15) is 0 Å². The van der Waals surface area contributed by atoms with E-state index in [4.69, 9.17) is 9.84 Å². The van der Waals surface area contributed by atoms with Crippen molar-refractivity contribution in [3.8, 4) is 0 Å². The highest BCUT2D eigenvalue weighted by atomic mass is 16.5. The largest absolute Gasteiger partial charge is 0.481 e. The zero-order chi connectivity index (χ0) is 24.2. The number of rotatable bonds is 6. The molecule has 0 aromatic heterocycles. The minimum atomic E-state index is -1.06. The lowest BCUT2D eigenvalue weighted by Gasteiger charge is -2.54. The molecule has 6 atom stereocenters. The Balaban J connectivity index is 1.58. The van der Waals surface area contributed by atoms with Crippen LogP contribution in [-0.2, 0) is 23.9 Å². The van der Waals surface area contributed by atoms with E-state index in [0.29, 0.717) is 11.8 Å². The zero-order valence-electron chi connectivity index (χ0n) is 20.0. The molecule has 0 amide bonds. The van der Waals surface area contributed by atoms with Crippen LogP contribution in [0.15, 0.2) is 35.5 Å². The summed E-state index contributed by atoms with van der Waals surface area (Å²) in [6.07, 6.45) is 10.9. The first-order valence-electron chi connectivity index (χ1n) is 12.0. The highest BCUT2D eigenvalue weighted by Gasteiger charge is 2.65. The molecule has 0 saturated heterocycles. The SMILES string of the molecule is C[C@H]1CC2C3CCC4=CC(=O)C=C[C@]4(C)C3=CC[C@]2(C)[C@@]1(C)C(=O)COC(=O)CCC(=O)O. The maximum Gasteiger partial charge on any atom is 0.306 e. The third-order valence-corrected chi connectivity index (χ3v) is 9.60. The lowest BCUT2D eigenvalue weighted by Crippen LogP contribution is -2.51. The van der Waals surface area contributed by atoms with Crippen LogP contribution < -0.4 is 0 Å². The van der Waals surface area contributed by atoms with E-state index in [0.717, 1.165) is 25.7 Å². The predicted molar refractivity (Wildman–Crippen MR) is 122 cm³/mol. The Morgan fingerprint density at radius 1 is 1.18 bits per heavy atom. The second-order valence-electron chi connectivity index (χ2n) is 11.0. The van der Waals surface area contributed by atoms with Gasteiger partial charge in [-0.3, -0.25) is 19.2 Å². The van der Waals surface area contributed by atoms with Crippen molar-refractivity contribution in [2.75, 3.05) is 6.61 Å². The van der Waals surface area contributed by atoms with Gasteiger partial charge in [0, 0.05) is 10.8 Å². The Labute approximate surface area is 195 Å². The second kappa shape index (κ2) is 8.07. The van der Waals surface area contributed by atoms with Crippen LogP contribution in [0.2, 0.25) is 0 Å². The van der Waals surface area contributed by atoms with Crippen LogP contribution in [0, 0.1) is 34.0 Å². The number of carbonyl (C=O) groups excluding carboxylic acids is 3. The monoisotopic (exact) mass is 454 g/mol. The molecule has 0 radical (unpaired) electrons. The topological polar surface area (TPSA) is 97.7 Å². The standard InChI is InChI=1S/C27H34O6/c1-16-13-21-19-6-5-17-14-18(28)9-11-25(17,2)20(19)10-12-26(21,3)27(16,4)22(29)15-33-24(32)8-7-23(30)31/h9-11,14,16,19,21H,5-8,12-13,15H2,1-4H3,(H,30,31)/t16-,19?,21?,25-,26-,27+/m0/s1. The third kappa shape index (κ3) is 3.53. The highest BCUT2D eigenvalue weighted by Crippen LogP contribution is 2.69. The summed E-state index contributed by atoms with van der Waals surface area (Å²) in [7, 11) is 0. The fourth-order valence-electron chi connectivity index (χ4n) is 7.26. The van der Waals surface area contributed by atoms with Gasteiger partial charge in [0.25, 0.3) is 0 Å². The van der Waals surface area contributed by atoms with E-state index < -0.39 is 17.4 Å². The van der Waals surface area contributed by atoms with Crippen molar-refractivity contribution in [3.05, 3.63) is 35.5 Å². The van der Waals surface area contributed by atoms with Gasteiger partial charge in [0.1, 0.15) is 0 Å². The van der Waals surface area contributed by atoms with Crippen LogP contribution in [0.4, 0.5) is 0 Å². The number of ketones is 2. The van der Waals surface area contributed by atoms with Crippen LogP contribution in [0.25, 0.3) is 0 Å². The number of hydrogen-bond acceptors (Lipinski definition) is 5. The molecule has 1 N–H and O–H groups in total. The molecular weight excluding hydrogens is 420 g/mol. The lowest BCUT2D eigenvalue weighted by molar-refractivity contribution is -0.156. The first-order valence-corrected chi connectivity index (χ1v) is 12.0. The number of Topliss-reactive ketones (excluding diaryl/α,β-unsaturated/α-hetero) is 1. The summed E-state index contributed by atoms with van der Waals surface area (Å²) in [5, 5.41) is 8.75. The van der Waals surface area contributed by atoms with E-state index >= 15 is 0 Å². The molecule has 2 saturated carbocycles. The number of hydrogen-bond donors (Lipinski definition) is 1. The number of carbonyl (C=O) groups is 4. The van der Waals surface area contributed by atoms with Gasteiger partial charge in [-0.25, -0.2) is 0 Å². The average molecular weight is 455 g/mol. The fourth-order valence-corrected chi connectivity index (χ4v) is 7.26. The van der Waals surface area contributed by atoms with Crippen LogP contribution in [0.5, 0.6) is 0 Å². The van der Waals surface area contributed by atoms with Gasteiger partial charge in [0.15, 0.2) is 18.2 Å². The molecular formula is C27H34O6. The normalized spacial score (nSPS) is 39.0. The van der Waals surface area contributed by atoms with Crippen LogP contribution in [-0.4, -0.2) is 35.2 Å². The first kappa shape index (κ1) is 23.7. The molecule has 0 heterocycles. The molecule has 6 nitrogen and oxygen atoms in total. The number of allylic oxidation sites excluding steroid dienone is 6. The summed E-state index contributed by atoms with van der Waals surface area (Å²) in [5.41, 5.74) is 1.47. The molecule has 33 heavy (non-hydrogen) atoms. The number of ether oxygens (including phenoxy) is 1. The van der Waals surface area contributed by atoms with Crippen LogP contribution >= 0.6 is 0 Å². The summed E-state index contributed by atoms with van der Waals surface area (Å²) < 4.78 is 5.19. The summed E-state index contributed by atoms with van der Waals surface area (Å²) in [5.74, 6) is -0.887. The molecule has 4 rings (SSSR count). The van der Waals surface area contributed by atoms with Crippen molar-refractivity contribution in [1.82, 2.24) is 0 Å². The Bertz CT molecular complexity index is 1000. The Hall–Kier alpha value is -2.50. The van der Waals surface area contributed by atoms with Gasteiger partial charge in [-0.15, -0.1) is 0 Å². The van der Waals surface area contributed by atoms with Crippen molar-refractivity contribution >= 4 is 23.5 Å². The number of carboxylic acid groups (broad SMARTS) is 1. The van der Waals surface area contributed by atoms with Gasteiger partial charge < -0.3 is 9.84 Å². The molecule has 0 aromatic rings. The fraction of sp³-hybridized carbons (Fsp3) is 0.630. The number of aliphatic carboxylic acids is 1. The molecule has 2 fully saturated rings.